The first-order valence-corrected chi connectivity index (χ1v) is 12.1. The van der Waals surface area contributed by atoms with Crippen molar-refractivity contribution in [3.8, 4) is 6.07 Å². The van der Waals surface area contributed by atoms with Crippen LogP contribution in [0.3, 0.4) is 0 Å². The van der Waals surface area contributed by atoms with Crippen molar-refractivity contribution in [2.24, 2.45) is 0 Å². The Morgan fingerprint density at radius 2 is 1.88 bits per heavy atom. The summed E-state index contributed by atoms with van der Waals surface area (Å²) in [6, 6.07) is 18.4. The number of anilines is 1. The van der Waals surface area contributed by atoms with Gasteiger partial charge in [-0.1, -0.05) is 42.0 Å². The maximum atomic E-state index is 12.6. The van der Waals surface area contributed by atoms with Gasteiger partial charge >= 0.3 is 0 Å². The molecule has 0 saturated carbocycles. The number of hydrogen-bond donors (Lipinski definition) is 1. The smallest absolute Gasteiger partial charge is 0.240 e. The van der Waals surface area contributed by atoms with E-state index in [0.29, 0.717) is 17.2 Å². The molecule has 7 heteroatoms. The lowest BCUT2D eigenvalue weighted by molar-refractivity contribution is -0.117. The molecule has 1 saturated heterocycles. The molecule has 1 N–H and O–H groups in total. The topological polar surface area (TPSA) is 72.3 Å². The zero-order valence-corrected chi connectivity index (χ0v) is 19.8. The minimum absolute atomic E-state index is 0.00741. The number of amides is 1. The first-order valence-electron chi connectivity index (χ1n) is 11.3. The van der Waals surface area contributed by atoms with Gasteiger partial charge in [0.25, 0.3) is 0 Å². The van der Waals surface area contributed by atoms with Crippen LogP contribution in [0.25, 0.3) is 0 Å². The summed E-state index contributed by atoms with van der Waals surface area (Å²) in [6.45, 7) is 7.05. The predicted octanol–water partition coefficient (Wildman–Crippen LogP) is 4.06. The maximum absolute atomic E-state index is 12.6. The monoisotopic (exact) mass is 459 g/mol. The molecule has 6 nitrogen and oxygen atoms in total. The normalized spacial score (nSPS) is 15.0. The van der Waals surface area contributed by atoms with Crippen LogP contribution in [0.15, 0.2) is 54.7 Å². The van der Waals surface area contributed by atoms with Crippen LogP contribution in [0.5, 0.6) is 0 Å². The number of carbonyl (C=O) groups excluding carboxylic acids is 1. The quantitative estimate of drug-likeness (QED) is 0.577. The lowest BCUT2D eigenvalue weighted by Crippen LogP contribution is -2.36. The van der Waals surface area contributed by atoms with Crippen molar-refractivity contribution in [1.82, 2.24) is 14.8 Å². The molecular weight excluding hydrogens is 430 g/mol. The summed E-state index contributed by atoms with van der Waals surface area (Å²) in [5.74, 6) is -0.00741. The number of aromatic nitrogens is 1. The Hall–Kier alpha value is -3.05. The number of nitrogens with one attached hydrogen (secondary N) is 1. The average molecular weight is 460 g/mol. The molecule has 0 atom stereocenters. The number of thiazole rings is 1. The molecule has 2 aromatic carbocycles. The SMILES string of the molecule is Cc1cccc(Cc2cnc(NC(=O)CN3CCCN(Cc4ccc(C#N)cc4)CC3)s2)c1. The van der Waals surface area contributed by atoms with Gasteiger partial charge in [0.2, 0.25) is 5.91 Å². The fourth-order valence-corrected chi connectivity index (χ4v) is 4.98. The van der Waals surface area contributed by atoms with Gasteiger partial charge in [-0.3, -0.25) is 14.6 Å². The molecule has 0 bridgehead atoms. The lowest BCUT2D eigenvalue weighted by atomic mass is 10.1. The van der Waals surface area contributed by atoms with Crippen LogP contribution in [0.4, 0.5) is 5.13 Å². The fourth-order valence-electron chi connectivity index (χ4n) is 4.12. The van der Waals surface area contributed by atoms with Crippen molar-refractivity contribution in [1.29, 1.82) is 5.26 Å². The minimum atomic E-state index is -0.00741. The second kappa shape index (κ2) is 11.2. The molecule has 3 aromatic rings. The number of rotatable bonds is 7. The number of nitriles is 1. The van der Waals surface area contributed by atoms with Gasteiger partial charge in [0.15, 0.2) is 5.13 Å². The van der Waals surface area contributed by atoms with E-state index < -0.39 is 0 Å². The van der Waals surface area contributed by atoms with E-state index in [0.717, 1.165) is 50.4 Å². The summed E-state index contributed by atoms with van der Waals surface area (Å²) in [5.41, 5.74) is 4.41. The molecule has 0 radical (unpaired) electrons. The van der Waals surface area contributed by atoms with Crippen LogP contribution < -0.4 is 5.32 Å². The summed E-state index contributed by atoms with van der Waals surface area (Å²) in [6.07, 6.45) is 3.72. The van der Waals surface area contributed by atoms with Crippen molar-refractivity contribution in [3.63, 3.8) is 0 Å². The fraction of sp³-hybridized carbons (Fsp3) is 0.346. The van der Waals surface area contributed by atoms with E-state index in [9.17, 15) is 4.79 Å². The minimum Gasteiger partial charge on any atom is -0.301 e. The molecule has 4 rings (SSSR count). The van der Waals surface area contributed by atoms with Crippen LogP contribution in [-0.4, -0.2) is 53.4 Å². The Morgan fingerprint density at radius 1 is 1.09 bits per heavy atom. The number of aryl methyl sites for hydroxylation is 1. The molecule has 2 heterocycles. The van der Waals surface area contributed by atoms with Crippen molar-refractivity contribution in [2.45, 2.75) is 26.3 Å². The van der Waals surface area contributed by atoms with Crippen LogP contribution >= 0.6 is 11.3 Å². The third-order valence-electron chi connectivity index (χ3n) is 5.80. The second-order valence-corrected chi connectivity index (χ2v) is 9.68. The summed E-state index contributed by atoms with van der Waals surface area (Å²) < 4.78 is 0. The van der Waals surface area contributed by atoms with Gasteiger partial charge in [0.05, 0.1) is 18.2 Å². The van der Waals surface area contributed by atoms with E-state index in [1.807, 2.05) is 30.5 Å². The summed E-state index contributed by atoms with van der Waals surface area (Å²) in [7, 11) is 0. The average Bonchev–Trinajstić information content (AvgIpc) is 3.11. The second-order valence-electron chi connectivity index (χ2n) is 8.56. The number of benzene rings is 2. The van der Waals surface area contributed by atoms with Crippen LogP contribution in [0, 0.1) is 18.3 Å². The van der Waals surface area contributed by atoms with E-state index in [1.165, 1.54) is 16.7 Å². The van der Waals surface area contributed by atoms with E-state index in [2.05, 4.69) is 57.4 Å². The summed E-state index contributed by atoms with van der Waals surface area (Å²) >= 11 is 1.54. The molecule has 0 unspecified atom stereocenters. The Bertz CT molecular complexity index is 1120. The lowest BCUT2D eigenvalue weighted by Gasteiger charge is -2.21. The predicted molar refractivity (Wildman–Crippen MR) is 132 cm³/mol. The Labute approximate surface area is 199 Å². The first kappa shape index (κ1) is 23.1. The highest BCUT2D eigenvalue weighted by atomic mass is 32.1. The van der Waals surface area contributed by atoms with E-state index in [1.54, 1.807) is 11.3 Å². The van der Waals surface area contributed by atoms with Gasteiger partial charge in [-0.25, -0.2) is 4.98 Å². The zero-order chi connectivity index (χ0) is 23.0. The molecular formula is C26H29N5OS. The molecule has 1 aliphatic heterocycles. The van der Waals surface area contributed by atoms with Gasteiger partial charge in [0.1, 0.15) is 0 Å². The molecule has 1 amide bonds. The van der Waals surface area contributed by atoms with E-state index >= 15 is 0 Å². The summed E-state index contributed by atoms with van der Waals surface area (Å²) in [5, 5.41) is 12.6. The number of hydrogen-bond acceptors (Lipinski definition) is 6. The molecule has 170 valence electrons. The van der Waals surface area contributed by atoms with Crippen molar-refractivity contribution < 1.29 is 4.79 Å². The summed E-state index contributed by atoms with van der Waals surface area (Å²) in [4.78, 5) is 22.8. The Morgan fingerprint density at radius 3 is 2.67 bits per heavy atom. The molecule has 33 heavy (non-hydrogen) atoms. The van der Waals surface area contributed by atoms with Gasteiger partial charge in [-0.2, -0.15) is 5.26 Å². The van der Waals surface area contributed by atoms with Gasteiger partial charge in [-0.05, 0) is 49.7 Å². The molecule has 0 spiro atoms. The van der Waals surface area contributed by atoms with Crippen molar-refractivity contribution in [3.05, 3.63) is 81.9 Å². The highest BCUT2D eigenvalue weighted by molar-refractivity contribution is 7.15. The zero-order valence-electron chi connectivity index (χ0n) is 19.0. The van der Waals surface area contributed by atoms with E-state index in [4.69, 9.17) is 5.26 Å². The standard InChI is InChI=1S/C26H29N5OS/c1-20-4-2-5-23(14-20)15-24-17-28-26(33-24)29-25(32)19-31-11-3-10-30(12-13-31)18-22-8-6-21(16-27)7-9-22/h2,4-9,14,17H,3,10-13,15,18-19H2,1H3,(H,28,29,32). The van der Waals surface area contributed by atoms with Gasteiger partial charge in [-0.15, -0.1) is 11.3 Å². The van der Waals surface area contributed by atoms with Crippen molar-refractivity contribution >= 4 is 22.4 Å². The van der Waals surface area contributed by atoms with Crippen molar-refractivity contribution in [2.75, 3.05) is 38.0 Å². The molecule has 1 aliphatic rings. The van der Waals surface area contributed by atoms with E-state index in [-0.39, 0.29) is 5.91 Å². The van der Waals surface area contributed by atoms with Gasteiger partial charge in [0, 0.05) is 37.1 Å². The van der Waals surface area contributed by atoms with Crippen LogP contribution in [0.1, 0.15) is 33.6 Å². The third kappa shape index (κ3) is 6.96. The molecule has 0 aliphatic carbocycles. The molecule has 1 aromatic heterocycles. The maximum Gasteiger partial charge on any atom is 0.240 e. The number of carbonyl (C=O) groups is 1. The molecule has 1 fully saturated rings. The Kier molecular flexibility index (Phi) is 7.84. The third-order valence-corrected chi connectivity index (χ3v) is 6.71. The van der Waals surface area contributed by atoms with Crippen LogP contribution in [-0.2, 0) is 17.8 Å². The largest absolute Gasteiger partial charge is 0.301 e. The highest BCUT2D eigenvalue weighted by Gasteiger charge is 2.18. The number of nitrogens with zero attached hydrogens (tertiary/aromatic N) is 4. The van der Waals surface area contributed by atoms with Gasteiger partial charge < -0.3 is 5.32 Å². The Balaban J connectivity index is 1.23. The first-order chi connectivity index (χ1) is 16.1. The van der Waals surface area contributed by atoms with Crippen LogP contribution in [0.2, 0.25) is 0 Å². The highest BCUT2D eigenvalue weighted by Crippen LogP contribution is 2.21.